The highest BCUT2D eigenvalue weighted by atomic mass is 16.5. The number of hydrogen-bond donors (Lipinski definition) is 1. The maximum Gasteiger partial charge on any atom is 0.203 e. The van der Waals surface area contributed by atoms with Gasteiger partial charge in [-0.15, -0.1) is 0 Å². The summed E-state index contributed by atoms with van der Waals surface area (Å²) >= 11 is 0. The van der Waals surface area contributed by atoms with Crippen LogP contribution in [0.15, 0.2) is 12.1 Å². The van der Waals surface area contributed by atoms with E-state index in [4.69, 9.17) is 23.7 Å². The third-order valence-electron chi connectivity index (χ3n) is 2.73. The van der Waals surface area contributed by atoms with Crippen LogP contribution in [0.25, 0.3) is 0 Å². The zero-order valence-corrected chi connectivity index (χ0v) is 12.7. The Labute approximate surface area is 119 Å². The molecule has 1 rings (SSSR count). The van der Waals surface area contributed by atoms with Gasteiger partial charge in [0.05, 0.1) is 27.9 Å². The molecule has 0 saturated heterocycles. The molecule has 0 saturated carbocycles. The van der Waals surface area contributed by atoms with Crippen LogP contribution in [0.2, 0.25) is 0 Å². The molecule has 0 fully saturated rings. The van der Waals surface area contributed by atoms with Gasteiger partial charge in [-0.1, -0.05) is 0 Å². The van der Waals surface area contributed by atoms with Crippen molar-refractivity contribution in [2.24, 2.45) is 0 Å². The van der Waals surface area contributed by atoms with Crippen LogP contribution in [0.4, 0.5) is 0 Å². The maximum absolute atomic E-state index is 5.88. The molecule has 6 nitrogen and oxygen atoms in total. The van der Waals surface area contributed by atoms with Crippen molar-refractivity contribution >= 4 is 0 Å². The summed E-state index contributed by atoms with van der Waals surface area (Å²) in [6.45, 7) is 1.15. The molecule has 0 bridgehead atoms. The first-order valence-electron chi connectivity index (χ1n) is 6.30. The number of ether oxygens (including phenoxy) is 5. The van der Waals surface area contributed by atoms with Crippen molar-refractivity contribution in [1.29, 1.82) is 0 Å². The second-order valence-corrected chi connectivity index (χ2v) is 4.11. The van der Waals surface area contributed by atoms with Crippen molar-refractivity contribution in [1.82, 2.24) is 5.32 Å². The zero-order chi connectivity index (χ0) is 15.0. The minimum Gasteiger partial charge on any atom is -0.493 e. The fraction of sp³-hybridized carbons (Fsp3) is 0.571. The third kappa shape index (κ3) is 4.18. The van der Waals surface area contributed by atoms with Crippen LogP contribution in [-0.4, -0.2) is 54.7 Å². The van der Waals surface area contributed by atoms with E-state index in [0.717, 1.165) is 0 Å². The molecular weight excluding hydrogens is 262 g/mol. The van der Waals surface area contributed by atoms with Crippen LogP contribution in [0.3, 0.4) is 0 Å². The summed E-state index contributed by atoms with van der Waals surface area (Å²) in [6.07, 6.45) is -0.104. The SMILES string of the molecule is CNCC(COC)Oc1cc(OC)c(OC)c(OC)c1. The summed E-state index contributed by atoms with van der Waals surface area (Å²) in [5.41, 5.74) is 0. The van der Waals surface area contributed by atoms with E-state index in [9.17, 15) is 0 Å². The Morgan fingerprint density at radius 3 is 2.00 bits per heavy atom. The molecule has 0 amide bonds. The van der Waals surface area contributed by atoms with Crippen LogP contribution in [0.1, 0.15) is 0 Å². The Bertz CT molecular complexity index is 380. The lowest BCUT2D eigenvalue weighted by atomic mass is 10.2. The van der Waals surface area contributed by atoms with Gasteiger partial charge in [0.2, 0.25) is 5.75 Å². The minimum atomic E-state index is -0.104. The first kappa shape index (κ1) is 16.4. The molecule has 0 aliphatic rings. The van der Waals surface area contributed by atoms with E-state index < -0.39 is 0 Å². The van der Waals surface area contributed by atoms with Crippen molar-refractivity contribution in [3.63, 3.8) is 0 Å². The second kappa shape index (κ2) is 8.50. The molecule has 1 atom stereocenters. The summed E-state index contributed by atoms with van der Waals surface area (Å²) < 4.78 is 26.9. The standard InChI is InChI=1S/C14H23NO5/c1-15-8-11(9-16-2)20-10-6-12(17-3)14(19-5)13(7-10)18-4/h6-7,11,15H,8-9H2,1-5H3. The van der Waals surface area contributed by atoms with Gasteiger partial charge in [-0.3, -0.25) is 0 Å². The Kier molecular flexibility index (Phi) is 6.97. The molecule has 0 aliphatic carbocycles. The molecule has 0 radical (unpaired) electrons. The number of methoxy groups -OCH3 is 4. The van der Waals surface area contributed by atoms with Crippen LogP contribution >= 0.6 is 0 Å². The predicted octanol–water partition coefficient (Wildman–Crippen LogP) is 1.33. The summed E-state index contributed by atoms with van der Waals surface area (Å²) in [5, 5.41) is 3.06. The van der Waals surface area contributed by atoms with E-state index in [2.05, 4.69) is 5.32 Å². The minimum absolute atomic E-state index is 0.104. The van der Waals surface area contributed by atoms with Gasteiger partial charge in [-0.05, 0) is 7.05 Å². The molecule has 1 unspecified atom stereocenters. The highest BCUT2D eigenvalue weighted by molar-refractivity contribution is 5.55. The molecule has 1 aromatic carbocycles. The third-order valence-corrected chi connectivity index (χ3v) is 2.73. The van der Waals surface area contributed by atoms with Gasteiger partial charge in [0, 0.05) is 25.8 Å². The van der Waals surface area contributed by atoms with Gasteiger partial charge < -0.3 is 29.0 Å². The van der Waals surface area contributed by atoms with E-state index in [1.165, 1.54) is 0 Å². The molecule has 0 spiro atoms. The largest absolute Gasteiger partial charge is 0.493 e. The first-order valence-corrected chi connectivity index (χ1v) is 6.30. The summed E-state index contributed by atoms with van der Waals surface area (Å²) in [6, 6.07) is 3.53. The average Bonchev–Trinajstić information content (AvgIpc) is 2.46. The first-order chi connectivity index (χ1) is 9.69. The Morgan fingerprint density at radius 2 is 1.60 bits per heavy atom. The number of rotatable bonds is 9. The van der Waals surface area contributed by atoms with E-state index in [0.29, 0.717) is 36.1 Å². The smallest absolute Gasteiger partial charge is 0.203 e. The summed E-state index contributed by atoms with van der Waals surface area (Å²) in [4.78, 5) is 0. The maximum atomic E-state index is 5.88. The van der Waals surface area contributed by atoms with Crippen molar-refractivity contribution in [3.8, 4) is 23.0 Å². The molecule has 0 aromatic heterocycles. The van der Waals surface area contributed by atoms with Gasteiger partial charge in [0.1, 0.15) is 11.9 Å². The van der Waals surface area contributed by atoms with Crippen molar-refractivity contribution in [2.45, 2.75) is 6.10 Å². The topological polar surface area (TPSA) is 58.2 Å². The lowest BCUT2D eigenvalue weighted by molar-refractivity contribution is 0.0814. The number of likely N-dealkylation sites (N-methyl/N-ethyl adjacent to an activating group) is 1. The van der Waals surface area contributed by atoms with Gasteiger partial charge in [0.15, 0.2) is 11.5 Å². The second-order valence-electron chi connectivity index (χ2n) is 4.11. The number of hydrogen-bond acceptors (Lipinski definition) is 6. The summed E-state index contributed by atoms with van der Waals surface area (Å²) in [7, 11) is 8.21. The fourth-order valence-corrected chi connectivity index (χ4v) is 1.87. The molecule has 0 aliphatic heterocycles. The van der Waals surface area contributed by atoms with Crippen molar-refractivity contribution < 1.29 is 23.7 Å². The average molecular weight is 285 g/mol. The fourth-order valence-electron chi connectivity index (χ4n) is 1.87. The normalized spacial score (nSPS) is 11.8. The van der Waals surface area contributed by atoms with Crippen LogP contribution < -0.4 is 24.3 Å². The lowest BCUT2D eigenvalue weighted by Gasteiger charge is -2.20. The highest BCUT2D eigenvalue weighted by Gasteiger charge is 2.16. The molecule has 20 heavy (non-hydrogen) atoms. The summed E-state index contributed by atoms with van der Waals surface area (Å²) in [5.74, 6) is 2.29. The van der Waals surface area contributed by atoms with E-state index in [1.807, 2.05) is 7.05 Å². The highest BCUT2D eigenvalue weighted by Crippen LogP contribution is 2.40. The van der Waals surface area contributed by atoms with E-state index >= 15 is 0 Å². The monoisotopic (exact) mass is 285 g/mol. The predicted molar refractivity (Wildman–Crippen MR) is 76.3 cm³/mol. The van der Waals surface area contributed by atoms with Gasteiger partial charge in [-0.2, -0.15) is 0 Å². The van der Waals surface area contributed by atoms with Gasteiger partial charge >= 0.3 is 0 Å². The molecule has 1 aromatic rings. The van der Waals surface area contributed by atoms with Crippen LogP contribution in [-0.2, 0) is 4.74 Å². The van der Waals surface area contributed by atoms with E-state index in [-0.39, 0.29) is 6.10 Å². The quantitative estimate of drug-likeness (QED) is 0.738. The zero-order valence-electron chi connectivity index (χ0n) is 12.7. The molecule has 1 N–H and O–H groups in total. The van der Waals surface area contributed by atoms with Crippen molar-refractivity contribution in [3.05, 3.63) is 12.1 Å². The number of benzene rings is 1. The van der Waals surface area contributed by atoms with Gasteiger partial charge in [-0.25, -0.2) is 0 Å². The molecule has 6 heteroatoms. The van der Waals surface area contributed by atoms with E-state index in [1.54, 1.807) is 40.6 Å². The molecule has 114 valence electrons. The van der Waals surface area contributed by atoms with Crippen LogP contribution in [0, 0.1) is 0 Å². The Balaban J connectivity index is 2.99. The molecule has 0 heterocycles. The molecular formula is C14H23NO5. The Morgan fingerprint density at radius 1 is 1.00 bits per heavy atom. The Hall–Kier alpha value is -1.66. The number of nitrogens with one attached hydrogen (secondary N) is 1. The van der Waals surface area contributed by atoms with Gasteiger partial charge in [0.25, 0.3) is 0 Å². The van der Waals surface area contributed by atoms with Crippen molar-refractivity contribution in [2.75, 3.05) is 48.6 Å². The lowest BCUT2D eigenvalue weighted by Crippen LogP contribution is -2.33. The van der Waals surface area contributed by atoms with Crippen LogP contribution in [0.5, 0.6) is 23.0 Å².